The minimum Gasteiger partial charge on any atom is -0.505 e. The Balaban J connectivity index is 2.69. The van der Waals surface area contributed by atoms with Gasteiger partial charge in [-0.2, -0.15) is 0 Å². The third kappa shape index (κ3) is 3.93. The first kappa shape index (κ1) is 13.8. The second-order valence-corrected chi connectivity index (χ2v) is 4.56. The Bertz CT molecular complexity index is 405. The monoisotopic (exact) mass is 255 g/mol. The maximum absolute atomic E-state index is 11.9. The molecule has 94 valence electrons. The number of anilines is 1. The molecule has 0 saturated carbocycles. The number of nitrogens with two attached hydrogens (primary N) is 1. The van der Waals surface area contributed by atoms with E-state index < -0.39 is 0 Å². The van der Waals surface area contributed by atoms with Crippen LogP contribution in [0.25, 0.3) is 0 Å². The van der Waals surface area contributed by atoms with Gasteiger partial charge in [-0.25, -0.2) is 0 Å². The van der Waals surface area contributed by atoms with E-state index in [2.05, 4.69) is 6.92 Å². The van der Waals surface area contributed by atoms with E-state index in [1.807, 2.05) is 0 Å². The first-order valence-electron chi connectivity index (χ1n) is 5.87. The quantitative estimate of drug-likeness (QED) is 0.352. The normalized spacial score (nSPS) is 10.5. The van der Waals surface area contributed by atoms with Crippen molar-refractivity contribution in [3.8, 4) is 5.75 Å². The molecule has 0 radical (unpaired) electrons. The van der Waals surface area contributed by atoms with Gasteiger partial charge in [0.25, 0.3) is 0 Å². The number of nitrogen functional groups attached to an aromatic ring is 1. The van der Waals surface area contributed by atoms with E-state index in [-0.39, 0.29) is 22.8 Å². The number of carbonyl (C=O) groups is 1. The molecule has 0 saturated heterocycles. The third-order valence-corrected chi connectivity index (χ3v) is 2.88. The van der Waals surface area contributed by atoms with Crippen LogP contribution in [0.2, 0.25) is 5.02 Å². The number of aromatic hydroxyl groups is 1. The average molecular weight is 256 g/mol. The lowest BCUT2D eigenvalue weighted by atomic mass is 10.0. The number of hydrogen-bond donors (Lipinski definition) is 2. The summed E-state index contributed by atoms with van der Waals surface area (Å²) in [6.45, 7) is 2.12. The van der Waals surface area contributed by atoms with Crippen molar-refractivity contribution < 1.29 is 9.90 Å². The molecule has 1 aromatic rings. The van der Waals surface area contributed by atoms with Gasteiger partial charge in [0, 0.05) is 11.4 Å². The summed E-state index contributed by atoms with van der Waals surface area (Å²) in [5.41, 5.74) is 5.92. The van der Waals surface area contributed by atoms with Crippen LogP contribution in [0.3, 0.4) is 0 Å². The van der Waals surface area contributed by atoms with Crippen LogP contribution in [0.1, 0.15) is 49.4 Å². The molecule has 0 aromatic heterocycles. The van der Waals surface area contributed by atoms with Crippen LogP contribution in [-0.2, 0) is 0 Å². The van der Waals surface area contributed by atoms with Gasteiger partial charge in [-0.1, -0.05) is 37.8 Å². The Kier molecular flexibility index (Phi) is 5.29. The molecule has 0 spiro atoms. The summed E-state index contributed by atoms with van der Waals surface area (Å²) in [5.74, 6) is -0.261. The summed E-state index contributed by atoms with van der Waals surface area (Å²) in [7, 11) is 0. The molecular weight excluding hydrogens is 238 g/mol. The fourth-order valence-electron chi connectivity index (χ4n) is 1.68. The predicted molar refractivity (Wildman–Crippen MR) is 70.6 cm³/mol. The number of phenols is 1. The topological polar surface area (TPSA) is 63.3 Å². The Morgan fingerprint density at radius 2 is 2.06 bits per heavy atom. The van der Waals surface area contributed by atoms with Crippen molar-refractivity contribution in [2.75, 3.05) is 5.73 Å². The molecule has 0 heterocycles. The smallest absolute Gasteiger partial charge is 0.166 e. The molecule has 3 N–H and O–H groups in total. The van der Waals surface area contributed by atoms with Gasteiger partial charge in [0.1, 0.15) is 5.75 Å². The zero-order chi connectivity index (χ0) is 12.8. The summed E-state index contributed by atoms with van der Waals surface area (Å²) in [5, 5.41) is 10.1. The van der Waals surface area contributed by atoms with Crippen molar-refractivity contribution in [1.82, 2.24) is 0 Å². The molecule has 4 heteroatoms. The SMILES string of the molecule is CCCCCCC(=O)c1cc(Cl)cc(N)c1O. The van der Waals surface area contributed by atoms with Crippen LogP contribution in [-0.4, -0.2) is 10.9 Å². The molecule has 0 aliphatic heterocycles. The van der Waals surface area contributed by atoms with Gasteiger partial charge in [0.15, 0.2) is 5.78 Å². The highest BCUT2D eigenvalue weighted by molar-refractivity contribution is 6.31. The van der Waals surface area contributed by atoms with Crippen LogP contribution in [0, 0.1) is 0 Å². The summed E-state index contributed by atoms with van der Waals surface area (Å²) in [4.78, 5) is 11.9. The van der Waals surface area contributed by atoms with Gasteiger partial charge in [-0.05, 0) is 18.6 Å². The molecule has 3 nitrogen and oxygen atoms in total. The van der Waals surface area contributed by atoms with Gasteiger partial charge >= 0.3 is 0 Å². The number of hydrogen-bond acceptors (Lipinski definition) is 3. The number of halogens is 1. The zero-order valence-electron chi connectivity index (χ0n) is 10.0. The second kappa shape index (κ2) is 6.50. The Morgan fingerprint density at radius 3 is 2.71 bits per heavy atom. The third-order valence-electron chi connectivity index (χ3n) is 2.66. The van der Waals surface area contributed by atoms with E-state index in [1.165, 1.54) is 12.1 Å². The number of Topliss-reactive ketones (excluding diaryl/α,β-unsaturated/α-hetero) is 1. The predicted octanol–water partition coefficient (Wildman–Crippen LogP) is 3.78. The van der Waals surface area contributed by atoms with Crippen LogP contribution in [0.4, 0.5) is 5.69 Å². The van der Waals surface area contributed by atoms with Gasteiger partial charge in [-0.3, -0.25) is 4.79 Å². The fraction of sp³-hybridized carbons (Fsp3) is 0.462. The molecule has 0 amide bonds. The highest BCUT2D eigenvalue weighted by atomic mass is 35.5. The molecule has 0 fully saturated rings. The molecule has 0 aliphatic carbocycles. The standard InChI is InChI=1S/C13H18ClNO2/c1-2-3-4-5-6-12(16)10-7-9(14)8-11(15)13(10)17/h7-8,17H,2-6,15H2,1H3. The Labute approximate surface area is 107 Å². The number of benzene rings is 1. The minimum atomic E-state index is -0.158. The van der Waals surface area contributed by atoms with E-state index in [9.17, 15) is 9.90 Å². The first-order valence-corrected chi connectivity index (χ1v) is 6.25. The van der Waals surface area contributed by atoms with Crippen molar-refractivity contribution in [3.05, 3.63) is 22.7 Å². The number of ketones is 1. The lowest BCUT2D eigenvalue weighted by Crippen LogP contribution is -2.01. The molecule has 0 bridgehead atoms. The van der Waals surface area contributed by atoms with Gasteiger partial charge < -0.3 is 10.8 Å². The highest BCUT2D eigenvalue weighted by Crippen LogP contribution is 2.30. The zero-order valence-corrected chi connectivity index (χ0v) is 10.8. The van der Waals surface area contributed by atoms with Crippen molar-refractivity contribution in [2.24, 2.45) is 0 Å². The molecule has 0 aliphatic rings. The van der Waals surface area contributed by atoms with Gasteiger partial charge in [0.05, 0.1) is 11.3 Å². The van der Waals surface area contributed by atoms with Crippen molar-refractivity contribution >= 4 is 23.1 Å². The summed E-state index contributed by atoms with van der Waals surface area (Å²) >= 11 is 5.81. The largest absolute Gasteiger partial charge is 0.505 e. The van der Waals surface area contributed by atoms with Crippen molar-refractivity contribution in [2.45, 2.75) is 39.0 Å². The Hall–Kier alpha value is -1.22. The summed E-state index contributed by atoms with van der Waals surface area (Å²) < 4.78 is 0. The van der Waals surface area contributed by atoms with Crippen LogP contribution in [0.5, 0.6) is 5.75 Å². The lowest BCUT2D eigenvalue weighted by molar-refractivity contribution is 0.0976. The van der Waals surface area contributed by atoms with E-state index in [0.717, 1.165) is 25.7 Å². The van der Waals surface area contributed by atoms with E-state index in [1.54, 1.807) is 0 Å². The van der Waals surface area contributed by atoms with E-state index >= 15 is 0 Å². The van der Waals surface area contributed by atoms with E-state index in [0.29, 0.717) is 11.4 Å². The number of carbonyl (C=O) groups excluding carboxylic acids is 1. The van der Waals surface area contributed by atoms with Crippen LogP contribution >= 0.6 is 11.6 Å². The fourth-order valence-corrected chi connectivity index (χ4v) is 1.91. The van der Waals surface area contributed by atoms with Crippen LogP contribution in [0.15, 0.2) is 12.1 Å². The molecule has 17 heavy (non-hydrogen) atoms. The molecule has 1 aromatic carbocycles. The molecular formula is C13H18ClNO2. The van der Waals surface area contributed by atoms with E-state index in [4.69, 9.17) is 17.3 Å². The van der Waals surface area contributed by atoms with Gasteiger partial charge in [0.2, 0.25) is 0 Å². The first-order chi connectivity index (χ1) is 8.06. The summed E-state index contributed by atoms with van der Waals surface area (Å²) in [6.07, 6.45) is 4.53. The summed E-state index contributed by atoms with van der Waals surface area (Å²) in [6, 6.07) is 2.90. The average Bonchev–Trinajstić information content (AvgIpc) is 2.29. The molecule has 0 unspecified atom stereocenters. The van der Waals surface area contributed by atoms with Gasteiger partial charge in [-0.15, -0.1) is 0 Å². The molecule has 1 rings (SSSR count). The van der Waals surface area contributed by atoms with Crippen molar-refractivity contribution in [1.29, 1.82) is 0 Å². The highest BCUT2D eigenvalue weighted by Gasteiger charge is 2.14. The van der Waals surface area contributed by atoms with Crippen molar-refractivity contribution in [3.63, 3.8) is 0 Å². The van der Waals surface area contributed by atoms with Crippen LogP contribution < -0.4 is 5.73 Å². The second-order valence-electron chi connectivity index (χ2n) is 4.13. The number of rotatable bonds is 6. The Morgan fingerprint density at radius 1 is 1.35 bits per heavy atom. The maximum Gasteiger partial charge on any atom is 0.166 e. The number of unbranched alkanes of at least 4 members (excludes halogenated alkanes) is 3. The maximum atomic E-state index is 11.9. The number of phenolic OH excluding ortho intramolecular Hbond substituents is 1. The minimum absolute atomic E-state index is 0.104. The molecule has 0 atom stereocenters. The lowest BCUT2D eigenvalue weighted by Gasteiger charge is -2.07.